The largest absolute Gasteiger partial charge is 0.398 e. The van der Waals surface area contributed by atoms with E-state index in [1.807, 2.05) is 36.1 Å². The number of carbonyl (C=O) groups excluding carboxylic acids is 1. The highest BCUT2D eigenvalue weighted by atomic mass is 32.1. The lowest BCUT2D eigenvalue weighted by molar-refractivity contribution is 0.0989. The maximum atomic E-state index is 12.7. The van der Waals surface area contributed by atoms with E-state index in [-0.39, 0.29) is 5.91 Å². The summed E-state index contributed by atoms with van der Waals surface area (Å²) in [5.74, 6) is 0.0951. The molecule has 0 aliphatic carbocycles. The van der Waals surface area contributed by atoms with Crippen LogP contribution in [0.15, 0.2) is 24.3 Å². The third-order valence-electron chi connectivity index (χ3n) is 3.91. The van der Waals surface area contributed by atoms with Crippen LogP contribution in [0.25, 0.3) is 0 Å². The Hall–Kier alpha value is -1.81. The van der Waals surface area contributed by atoms with Gasteiger partial charge in [0.2, 0.25) is 0 Å². The second kappa shape index (κ2) is 4.94. The molecule has 1 aromatic carbocycles. The average molecular weight is 286 g/mol. The molecule has 4 heteroatoms. The van der Waals surface area contributed by atoms with Crippen LogP contribution in [0, 0.1) is 13.8 Å². The highest BCUT2D eigenvalue weighted by molar-refractivity contribution is 7.14. The highest BCUT2D eigenvalue weighted by Gasteiger charge is 2.25. The normalized spacial score (nSPS) is 14.2. The second-order valence-corrected chi connectivity index (χ2v) is 6.51. The Morgan fingerprint density at radius 1 is 1.35 bits per heavy atom. The first kappa shape index (κ1) is 13.2. The zero-order chi connectivity index (χ0) is 14.3. The molecule has 2 heterocycles. The van der Waals surface area contributed by atoms with Gasteiger partial charge in [-0.25, -0.2) is 0 Å². The summed E-state index contributed by atoms with van der Waals surface area (Å²) in [6.45, 7) is 4.87. The number of anilines is 2. The van der Waals surface area contributed by atoms with Crippen molar-refractivity contribution in [2.24, 2.45) is 0 Å². The fourth-order valence-electron chi connectivity index (χ4n) is 2.67. The molecule has 0 atom stereocenters. The molecule has 2 aromatic rings. The van der Waals surface area contributed by atoms with Gasteiger partial charge < -0.3 is 10.6 Å². The molecule has 1 amide bonds. The van der Waals surface area contributed by atoms with E-state index in [0.717, 1.165) is 41.2 Å². The number of amides is 1. The second-order valence-electron chi connectivity index (χ2n) is 5.26. The number of carbonyl (C=O) groups is 1. The van der Waals surface area contributed by atoms with Crippen LogP contribution >= 0.6 is 11.3 Å². The van der Waals surface area contributed by atoms with Crippen LogP contribution in [0.4, 0.5) is 11.4 Å². The number of rotatable bonds is 1. The Balaban J connectivity index is 2.00. The lowest BCUT2D eigenvalue weighted by atomic mass is 9.99. The maximum absolute atomic E-state index is 12.7. The predicted octanol–water partition coefficient (Wildman–Crippen LogP) is 3.54. The quantitative estimate of drug-likeness (QED) is 0.815. The van der Waals surface area contributed by atoms with Crippen LogP contribution in [0.2, 0.25) is 0 Å². The third-order valence-corrected chi connectivity index (χ3v) is 5.05. The van der Waals surface area contributed by atoms with E-state index in [1.54, 1.807) is 11.3 Å². The summed E-state index contributed by atoms with van der Waals surface area (Å²) < 4.78 is 0. The van der Waals surface area contributed by atoms with Gasteiger partial charge in [-0.1, -0.05) is 6.07 Å². The monoisotopic (exact) mass is 286 g/mol. The number of nitrogen functional groups attached to an aromatic ring is 1. The molecule has 0 bridgehead atoms. The van der Waals surface area contributed by atoms with Crippen molar-refractivity contribution in [1.82, 2.24) is 0 Å². The van der Waals surface area contributed by atoms with Crippen LogP contribution in [0.1, 0.15) is 32.1 Å². The van der Waals surface area contributed by atoms with Crippen molar-refractivity contribution in [3.63, 3.8) is 0 Å². The van der Waals surface area contributed by atoms with Crippen molar-refractivity contribution in [2.75, 3.05) is 17.2 Å². The molecule has 0 spiro atoms. The smallest absolute Gasteiger partial charge is 0.268 e. The number of hydrogen-bond donors (Lipinski definition) is 1. The van der Waals surface area contributed by atoms with Gasteiger partial charge in [0.1, 0.15) is 0 Å². The standard InChI is InChI=1S/C16H18N2OS/c1-10-9-15(20-11(10)2)16(19)18-8-4-5-12-13(17)6-3-7-14(12)18/h3,6-7,9H,4-5,8,17H2,1-2H3. The SMILES string of the molecule is Cc1cc(C(=O)N2CCCc3c(N)cccc32)sc1C. The third kappa shape index (κ3) is 2.10. The molecule has 104 valence electrons. The zero-order valence-corrected chi connectivity index (χ0v) is 12.6. The van der Waals surface area contributed by atoms with Crippen molar-refractivity contribution in [2.45, 2.75) is 26.7 Å². The van der Waals surface area contributed by atoms with E-state index in [4.69, 9.17) is 5.73 Å². The number of thiophene rings is 1. The van der Waals surface area contributed by atoms with Gasteiger partial charge in [-0.05, 0) is 56.0 Å². The lowest BCUT2D eigenvalue weighted by Gasteiger charge is -2.30. The Morgan fingerprint density at radius 3 is 2.85 bits per heavy atom. The molecule has 0 fully saturated rings. The van der Waals surface area contributed by atoms with Crippen LogP contribution in [-0.2, 0) is 6.42 Å². The predicted molar refractivity (Wildman–Crippen MR) is 84.6 cm³/mol. The molecule has 0 saturated heterocycles. The first-order valence-corrected chi connectivity index (χ1v) is 7.66. The van der Waals surface area contributed by atoms with Crippen molar-refractivity contribution in [3.05, 3.63) is 45.1 Å². The molecule has 3 rings (SSSR count). The van der Waals surface area contributed by atoms with E-state index in [9.17, 15) is 4.79 Å². The van der Waals surface area contributed by atoms with E-state index < -0.39 is 0 Å². The molecule has 1 aliphatic heterocycles. The van der Waals surface area contributed by atoms with E-state index in [2.05, 4.69) is 6.92 Å². The molecule has 0 saturated carbocycles. The van der Waals surface area contributed by atoms with Gasteiger partial charge in [-0.2, -0.15) is 0 Å². The number of nitrogens with zero attached hydrogens (tertiary/aromatic N) is 1. The summed E-state index contributed by atoms with van der Waals surface area (Å²) in [5.41, 5.74) is 10.1. The molecule has 0 radical (unpaired) electrons. The Labute approximate surface area is 123 Å². The molecule has 3 nitrogen and oxygen atoms in total. The Bertz CT molecular complexity index is 656. The number of aryl methyl sites for hydroxylation is 2. The van der Waals surface area contributed by atoms with Crippen molar-refractivity contribution >= 4 is 28.6 Å². The van der Waals surface area contributed by atoms with Gasteiger partial charge in [-0.3, -0.25) is 4.79 Å². The number of fused-ring (bicyclic) bond motifs is 1. The van der Waals surface area contributed by atoms with Gasteiger partial charge in [0.25, 0.3) is 5.91 Å². The molecule has 1 aliphatic rings. The van der Waals surface area contributed by atoms with Crippen molar-refractivity contribution in [1.29, 1.82) is 0 Å². The zero-order valence-electron chi connectivity index (χ0n) is 11.8. The van der Waals surface area contributed by atoms with Crippen LogP contribution in [-0.4, -0.2) is 12.5 Å². The molecular formula is C16H18N2OS. The van der Waals surface area contributed by atoms with Crippen LogP contribution < -0.4 is 10.6 Å². The van der Waals surface area contributed by atoms with Gasteiger partial charge in [-0.15, -0.1) is 11.3 Å². The minimum absolute atomic E-state index is 0.0951. The fourth-order valence-corrected chi connectivity index (χ4v) is 3.66. The molecule has 0 unspecified atom stereocenters. The lowest BCUT2D eigenvalue weighted by Crippen LogP contribution is -2.35. The minimum atomic E-state index is 0.0951. The van der Waals surface area contributed by atoms with Crippen LogP contribution in [0.5, 0.6) is 0 Å². The molecule has 2 N–H and O–H groups in total. The maximum Gasteiger partial charge on any atom is 0.268 e. The summed E-state index contributed by atoms with van der Waals surface area (Å²) in [6.07, 6.45) is 1.92. The first-order valence-electron chi connectivity index (χ1n) is 6.84. The topological polar surface area (TPSA) is 46.3 Å². The van der Waals surface area contributed by atoms with E-state index in [0.29, 0.717) is 0 Å². The summed E-state index contributed by atoms with van der Waals surface area (Å²) in [7, 11) is 0. The van der Waals surface area contributed by atoms with Gasteiger partial charge in [0.05, 0.1) is 4.88 Å². The summed E-state index contributed by atoms with van der Waals surface area (Å²) >= 11 is 1.57. The van der Waals surface area contributed by atoms with Gasteiger partial charge in [0, 0.05) is 22.8 Å². The summed E-state index contributed by atoms with van der Waals surface area (Å²) in [5, 5.41) is 0. The van der Waals surface area contributed by atoms with Gasteiger partial charge >= 0.3 is 0 Å². The first-order chi connectivity index (χ1) is 9.58. The molecular weight excluding hydrogens is 268 g/mol. The minimum Gasteiger partial charge on any atom is -0.398 e. The van der Waals surface area contributed by atoms with Gasteiger partial charge in [0.15, 0.2) is 0 Å². The fraction of sp³-hybridized carbons (Fsp3) is 0.312. The van der Waals surface area contributed by atoms with E-state index in [1.165, 1.54) is 10.4 Å². The molecule has 1 aromatic heterocycles. The number of nitrogens with two attached hydrogens (primary N) is 1. The van der Waals surface area contributed by atoms with Crippen molar-refractivity contribution < 1.29 is 4.79 Å². The highest BCUT2D eigenvalue weighted by Crippen LogP contribution is 2.33. The number of benzene rings is 1. The average Bonchev–Trinajstić information content (AvgIpc) is 2.78. The summed E-state index contributed by atoms with van der Waals surface area (Å²) in [6, 6.07) is 7.82. The van der Waals surface area contributed by atoms with Crippen molar-refractivity contribution in [3.8, 4) is 0 Å². The summed E-state index contributed by atoms with van der Waals surface area (Å²) in [4.78, 5) is 16.6. The van der Waals surface area contributed by atoms with E-state index >= 15 is 0 Å². The molecule has 20 heavy (non-hydrogen) atoms. The van der Waals surface area contributed by atoms with Crippen LogP contribution in [0.3, 0.4) is 0 Å². The Kier molecular flexibility index (Phi) is 3.26. The number of hydrogen-bond acceptors (Lipinski definition) is 3. The Morgan fingerprint density at radius 2 is 2.15 bits per heavy atom.